The fourth-order valence-corrected chi connectivity index (χ4v) is 44.9. The molecule has 8 aromatic carbocycles. The first kappa shape index (κ1) is 73.5. The molecule has 32 aliphatic carbocycles. The minimum absolute atomic E-state index is 0.247. The third-order valence-electron chi connectivity index (χ3n) is 46.3. The Morgan fingerprint density at radius 3 is 0.824 bits per heavy atom. The van der Waals surface area contributed by atoms with Crippen molar-refractivity contribution >= 4 is 55.7 Å². The maximum atomic E-state index is 3.22. The molecule has 2 heteroatoms. The van der Waals surface area contributed by atoms with Gasteiger partial charge in [0.2, 0.25) is 0 Å². The Kier molecular flexibility index (Phi) is 15.4. The van der Waals surface area contributed by atoms with E-state index < -0.39 is 0 Å². The Morgan fingerprint density at radius 2 is 0.464 bits per heavy atom. The van der Waals surface area contributed by atoms with E-state index in [2.05, 4.69) is 155 Å². The van der Waals surface area contributed by atoms with Gasteiger partial charge < -0.3 is 9.80 Å². The van der Waals surface area contributed by atoms with E-state index in [0.29, 0.717) is 17.8 Å². The summed E-state index contributed by atoms with van der Waals surface area (Å²) in [6, 6.07) is 67.4. The monoisotopic (exact) mass is 1650 g/mol. The van der Waals surface area contributed by atoms with Crippen molar-refractivity contribution in [3.8, 4) is 11.1 Å². The molecule has 32 saturated carbocycles. The van der Waals surface area contributed by atoms with Crippen LogP contribution in [-0.4, -0.2) is 0 Å². The van der Waals surface area contributed by atoms with Crippen LogP contribution in [0.15, 0.2) is 146 Å². The predicted octanol–water partition coefficient (Wildman–Crippen LogP) is 32.2. The summed E-state index contributed by atoms with van der Waals surface area (Å²) in [5, 5.41) is 5.94. The Morgan fingerprint density at radius 1 is 0.192 bits per heavy atom. The number of anilines is 6. The van der Waals surface area contributed by atoms with Crippen LogP contribution in [0.3, 0.4) is 0 Å². The van der Waals surface area contributed by atoms with Gasteiger partial charge in [-0.05, 0) is 597 Å². The predicted molar refractivity (Wildman–Crippen MR) is 510 cm³/mol. The van der Waals surface area contributed by atoms with Gasteiger partial charge in [-0.1, -0.05) is 91.0 Å². The molecular formula is C123H142N2. The van der Waals surface area contributed by atoms with Gasteiger partial charge in [-0.2, -0.15) is 0 Å². The highest BCUT2D eigenvalue weighted by Crippen LogP contribution is 2.73. The lowest BCUT2D eigenvalue weighted by molar-refractivity contribution is -0.00835. The van der Waals surface area contributed by atoms with Gasteiger partial charge in [0.1, 0.15) is 0 Å². The van der Waals surface area contributed by atoms with Crippen LogP contribution >= 0.6 is 0 Å². The zero-order chi connectivity index (χ0) is 80.6. The molecule has 8 aromatic rings. The zero-order valence-corrected chi connectivity index (χ0v) is 75.7. The van der Waals surface area contributed by atoms with E-state index in [0.717, 1.165) is 160 Å². The summed E-state index contributed by atoms with van der Waals surface area (Å²) in [4.78, 5) is 6.43. The average Bonchev–Trinajstić information content (AvgIpc) is 1.48. The van der Waals surface area contributed by atoms with Crippen molar-refractivity contribution < 1.29 is 0 Å². The van der Waals surface area contributed by atoms with Crippen molar-refractivity contribution in [2.75, 3.05) is 9.80 Å². The van der Waals surface area contributed by atoms with E-state index in [1.165, 1.54) is 332 Å². The zero-order valence-electron chi connectivity index (χ0n) is 75.7. The van der Waals surface area contributed by atoms with Gasteiger partial charge >= 0.3 is 0 Å². The second-order valence-corrected chi connectivity index (χ2v) is 53.6. The van der Waals surface area contributed by atoms with E-state index >= 15 is 0 Å². The van der Waals surface area contributed by atoms with Crippen molar-refractivity contribution in [3.05, 3.63) is 190 Å². The summed E-state index contributed by atoms with van der Waals surface area (Å²) in [6.07, 6.45) is 64.5. The molecule has 2 unspecified atom stereocenters. The Bertz CT molecular complexity index is 5430. The maximum absolute atomic E-state index is 3.22. The second-order valence-electron chi connectivity index (χ2n) is 53.6. The number of benzene rings is 8. The molecule has 0 aromatic heterocycles. The van der Waals surface area contributed by atoms with Crippen LogP contribution in [-0.2, 0) is 27.1 Å². The van der Waals surface area contributed by atoms with E-state index in [1.54, 1.807) is 61.6 Å². The Labute approximate surface area is 748 Å². The average molecular weight is 1650 g/mol. The molecular weight excluding hydrogens is 1510 g/mol. The molecule has 0 spiro atoms. The molecule has 2 atom stereocenters. The van der Waals surface area contributed by atoms with Crippen LogP contribution in [0.5, 0.6) is 0 Å². The highest BCUT2D eigenvalue weighted by molar-refractivity contribution is 6.24. The molecule has 32 aliphatic rings. The molecule has 0 radical (unpaired) electrons. The van der Waals surface area contributed by atoms with Crippen molar-refractivity contribution in [1.29, 1.82) is 0 Å². The van der Waals surface area contributed by atoms with Crippen molar-refractivity contribution in [2.45, 2.75) is 327 Å². The van der Waals surface area contributed by atoms with E-state index in [1.807, 2.05) is 0 Å². The standard InChI is InChI=1S/C123H142N2/c1-2-6-89(7-3-1)90-10-11-112-113(47-90)118(124(106-44-97(114-91-28-69-12-70(30-91)31-92(114)29-69)42-98(45-106)115-93-32-71-13-72(34-93)35-94(115)33-71)108-51-101(120-58-78-18-79(59-120)20-80(19-78)60-120)48-102(52-108)121-61-81-21-82(62-121)23-83(22-81)63-121)111-9-5-4-8-110(111)117(112)125(109-53-103(122-64-84-24-85(65-122)26-86(25-84)66-122)49-105(54-109)123-67-87-27-88(68-123)41-104(123)40-87)107-46-99(116-95-36-73-14-74(38-95)39-96(116)37-73)43-100(50-107)119-55-75-15-76(56-119)17-77(16-75)57-119/h1-11,42-54,69-88,91-96,104,114-116H,12-41,55-68H2. The molecule has 0 N–H and O–H groups in total. The van der Waals surface area contributed by atoms with Crippen LogP contribution < -0.4 is 9.80 Å². The van der Waals surface area contributed by atoms with Gasteiger partial charge in [0.05, 0.1) is 11.4 Å². The van der Waals surface area contributed by atoms with Gasteiger partial charge in [-0.25, -0.2) is 0 Å². The maximum Gasteiger partial charge on any atom is 0.0620 e. The van der Waals surface area contributed by atoms with Crippen LogP contribution in [0.2, 0.25) is 0 Å². The van der Waals surface area contributed by atoms with Gasteiger partial charge in [0, 0.05) is 44.3 Å². The minimum Gasteiger partial charge on any atom is -0.309 e. The van der Waals surface area contributed by atoms with E-state index in [9.17, 15) is 0 Å². The molecule has 40 rings (SSSR count). The lowest BCUT2D eigenvalue weighted by Crippen LogP contribution is -2.50. The fourth-order valence-electron chi connectivity index (χ4n) is 44.9. The van der Waals surface area contributed by atoms with Gasteiger partial charge in [0.15, 0.2) is 0 Å². The van der Waals surface area contributed by atoms with Gasteiger partial charge in [-0.3, -0.25) is 0 Å². The molecule has 0 amide bonds. The smallest absolute Gasteiger partial charge is 0.0620 e. The highest BCUT2D eigenvalue weighted by Gasteiger charge is 2.63. The first-order valence-electron chi connectivity index (χ1n) is 54.6. The number of fused-ring (bicyclic) bond motifs is 2. The number of hydrogen-bond acceptors (Lipinski definition) is 2. The van der Waals surface area contributed by atoms with Gasteiger partial charge in [-0.15, -0.1) is 0 Å². The summed E-state index contributed by atoms with van der Waals surface area (Å²) < 4.78 is 0. The molecule has 0 saturated heterocycles. The quantitative estimate of drug-likeness (QED) is 0.0746. The van der Waals surface area contributed by atoms with Crippen molar-refractivity contribution in [1.82, 2.24) is 0 Å². The Balaban J connectivity index is 0.697. The van der Waals surface area contributed by atoms with E-state index in [4.69, 9.17) is 0 Å². The van der Waals surface area contributed by atoms with E-state index in [-0.39, 0.29) is 27.1 Å². The molecule has 32 fully saturated rings. The number of rotatable bonds is 15. The fraction of sp³-hybridized carbons (Fsp3) is 0.642. The first-order valence-corrected chi connectivity index (χ1v) is 54.6. The van der Waals surface area contributed by atoms with Crippen molar-refractivity contribution in [2.24, 2.45) is 160 Å². The lowest BCUT2D eigenvalue weighted by Gasteiger charge is -2.58. The SMILES string of the molecule is c1ccc(-c2ccc3c(N(c4cc(C5C6CC7CC(C6)CC5C7)cc(C56CC7CC(CC(C7)C5)C6)c4)c4cc(C56CC7CC(CC(C7)C5)C6)cc(C56CC7CC(CC5C7)C6)c4)c4ccccc4c(N(c4cc(C5C6CC7CC(C6)CC5C7)cc(C5C6CC7CC(C6)CC5C7)c4)c4cc(C56CC7CC(CC(C7)C5)C6)cc(C56CC7CC(CC(C7)C5)C6)c4)c3c2)cc1. The topological polar surface area (TPSA) is 6.48 Å². The lowest BCUT2D eigenvalue weighted by atomic mass is 9.46. The van der Waals surface area contributed by atoms with Crippen LogP contribution in [0, 0.1) is 160 Å². The van der Waals surface area contributed by atoms with Gasteiger partial charge in [0.25, 0.3) is 0 Å². The van der Waals surface area contributed by atoms with Crippen LogP contribution in [0.1, 0.15) is 345 Å². The molecule has 644 valence electrons. The van der Waals surface area contributed by atoms with Crippen LogP contribution in [0.4, 0.5) is 34.1 Å². The Hall–Kier alpha value is -6.12. The summed E-state index contributed by atoms with van der Waals surface area (Å²) in [6.45, 7) is 0. The highest BCUT2D eigenvalue weighted by atomic mass is 15.2. The van der Waals surface area contributed by atoms with Crippen LogP contribution in [0.25, 0.3) is 32.7 Å². The van der Waals surface area contributed by atoms with Crippen molar-refractivity contribution in [3.63, 3.8) is 0 Å². The minimum atomic E-state index is 0.247. The molecule has 2 nitrogen and oxygen atoms in total. The largest absolute Gasteiger partial charge is 0.309 e. The molecule has 0 aliphatic heterocycles. The summed E-state index contributed by atoms with van der Waals surface area (Å²) in [5.74, 6) is 25.8. The third kappa shape index (κ3) is 11.0. The normalized spacial score (nSPS) is 46.8. The second kappa shape index (κ2) is 26.2. The number of nitrogens with zero attached hydrogens (tertiary/aromatic N) is 2. The summed E-state index contributed by atoms with van der Waals surface area (Å²) in [7, 11) is 0. The molecule has 125 heavy (non-hydrogen) atoms. The molecule has 32 bridgehead atoms. The third-order valence-corrected chi connectivity index (χ3v) is 46.3. The first-order chi connectivity index (χ1) is 61.3. The summed E-state index contributed by atoms with van der Waals surface area (Å²) >= 11 is 0. The molecule has 0 heterocycles. The number of hydrogen-bond donors (Lipinski definition) is 0. The summed E-state index contributed by atoms with van der Waals surface area (Å²) in [5.41, 5.74) is 27.4.